The van der Waals surface area contributed by atoms with Crippen LogP contribution >= 0.6 is 0 Å². The zero-order valence-electron chi connectivity index (χ0n) is 20.7. The van der Waals surface area contributed by atoms with Gasteiger partial charge in [0.1, 0.15) is 18.7 Å². The summed E-state index contributed by atoms with van der Waals surface area (Å²) in [6.07, 6.45) is 0.972. The second-order valence-electron chi connectivity index (χ2n) is 9.87. The van der Waals surface area contributed by atoms with Crippen LogP contribution in [0.4, 0.5) is 4.79 Å². The van der Waals surface area contributed by atoms with Crippen molar-refractivity contribution in [1.29, 1.82) is 0 Å². The van der Waals surface area contributed by atoms with Crippen molar-refractivity contribution in [2.75, 3.05) is 20.3 Å². The first-order valence-electron chi connectivity index (χ1n) is 11.5. The molecule has 0 aromatic heterocycles. The highest BCUT2D eigenvalue weighted by Gasteiger charge is 2.39. The maximum atomic E-state index is 13.0. The smallest absolute Gasteiger partial charge is 0.410 e. The van der Waals surface area contributed by atoms with Crippen molar-refractivity contribution in [3.63, 3.8) is 0 Å². The standard InChI is InChI=1S/C24H38N2O6Si/c1-24(2,3)33(5,6)32-16-14-19(22(28)30-4)25-21(27)20-13-10-15-26(20)23(29)31-17-18-11-8-7-9-12-18/h7-9,11-12,19-20H,10,13-17H2,1-6H3,(H,25,27)/t19-,20+/m0/s1. The lowest BCUT2D eigenvalue weighted by molar-refractivity contribution is -0.146. The van der Waals surface area contributed by atoms with Gasteiger partial charge in [0, 0.05) is 19.6 Å². The van der Waals surface area contributed by atoms with Gasteiger partial charge in [-0.1, -0.05) is 51.1 Å². The molecule has 0 radical (unpaired) electrons. The van der Waals surface area contributed by atoms with Crippen LogP contribution in [-0.4, -0.2) is 63.5 Å². The molecule has 1 heterocycles. The minimum atomic E-state index is -1.98. The van der Waals surface area contributed by atoms with E-state index < -0.39 is 32.5 Å². The molecule has 1 saturated heterocycles. The molecule has 1 aliphatic heterocycles. The van der Waals surface area contributed by atoms with E-state index in [4.69, 9.17) is 13.9 Å². The average molecular weight is 479 g/mol. The van der Waals surface area contributed by atoms with Crippen molar-refractivity contribution >= 4 is 26.3 Å². The lowest BCUT2D eigenvalue weighted by Crippen LogP contribution is -2.51. The molecule has 184 valence electrons. The number of nitrogens with one attached hydrogen (secondary N) is 1. The summed E-state index contributed by atoms with van der Waals surface area (Å²) in [5.74, 6) is -0.912. The summed E-state index contributed by atoms with van der Waals surface area (Å²) in [7, 11) is -0.689. The molecule has 1 aliphatic rings. The van der Waals surface area contributed by atoms with Gasteiger partial charge in [0.2, 0.25) is 5.91 Å². The second-order valence-corrected chi connectivity index (χ2v) is 14.7. The average Bonchev–Trinajstić information content (AvgIpc) is 3.26. The summed E-state index contributed by atoms with van der Waals surface area (Å²) in [6, 6.07) is 7.86. The van der Waals surface area contributed by atoms with Crippen LogP contribution in [0.2, 0.25) is 18.1 Å². The molecule has 1 fully saturated rings. The van der Waals surface area contributed by atoms with Crippen LogP contribution in [0.1, 0.15) is 45.6 Å². The lowest BCUT2D eigenvalue weighted by atomic mass is 10.1. The van der Waals surface area contributed by atoms with Gasteiger partial charge in [0.15, 0.2) is 8.32 Å². The summed E-state index contributed by atoms with van der Waals surface area (Å²) in [6.45, 7) is 11.6. The molecule has 2 atom stereocenters. The number of benzene rings is 1. The first kappa shape index (κ1) is 26.9. The summed E-state index contributed by atoms with van der Waals surface area (Å²) >= 11 is 0. The van der Waals surface area contributed by atoms with Gasteiger partial charge in [0.25, 0.3) is 0 Å². The van der Waals surface area contributed by atoms with Crippen LogP contribution in [0.3, 0.4) is 0 Å². The highest BCUT2D eigenvalue weighted by molar-refractivity contribution is 6.74. The van der Waals surface area contributed by atoms with E-state index in [1.807, 2.05) is 30.3 Å². The third-order valence-corrected chi connectivity index (χ3v) is 11.0. The van der Waals surface area contributed by atoms with Crippen LogP contribution < -0.4 is 5.32 Å². The highest BCUT2D eigenvalue weighted by atomic mass is 28.4. The predicted molar refractivity (Wildman–Crippen MR) is 128 cm³/mol. The fourth-order valence-electron chi connectivity index (χ4n) is 3.37. The van der Waals surface area contributed by atoms with Crippen LogP contribution in [0.15, 0.2) is 30.3 Å². The van der Waals surface area contributed by atoms with Gasteiger partial charge in [-0.2, -0.15) is 0 Å². The van der Waals surface area contributed by atoms with Crippen molar-refractivity contribution in [1.82, 2.24) is 10.2 Å². The highest BCUT2D eigenvalue weighted by Crippen LogP contribution is 2.36. The molecule has 2 amide bonds. The van der Waals surface area contributed by atoms with Gasteiger partial charge in [-0.3, -0.25) is 9.69 Å². The number of ether oxygens (including phenoxy) is 2. The van der Waals surface area contributed by atoms with E-state index in [0.29, 0.717) is 32.4 Å². The van der Waals surface area contributed by atoms with Gasteiger partial charge in [-0.15, -0.1) is 0 Å². The van der Waals surface area contributed by atoms with Crippen LogP contribution in [0.25, 0.3) is 0 Å². The Morgan fingerprint density at radius 1 is 1.18 bits per heavy atom. The Hall–Kier alpha value is -2.39. The number of methoxy groups -OCH3 is 1. The van der Waals surface area contributed by atoms with Crippen molar-refractivity contribution in [2.45, 2.75) is 76.9 Å². The van der Waals surface area contributed by atoms with Crippen LogP contribution in [0, 0.1) is 0 Å². The SMILES string of the molecule is COC(=O)[C@H](CCO[Si](C)(C)C(C)(C)C)NC(=O)[C@H]1CCCN1C(=O)OCc1ccccc1. The monoisotopic (exact) mass is 478 g/mol. The van der Waals surface area contributed by atoms with E-state index >= 15 is 0 Å². The molecule has 1 N–H and O–H groups in total. The normalized spacial score (nSPS) is 17.4. The third-order valence-electron chi connectivity index (χ3n) is 6.47. The summed E-state index contributed by atoms with van der Waals surface area (Å²) in [5.41, 5.74) is 0.874. The number of esters is 1. The molecular weight excluding hydrogens is 440 g/mol. The maximum Gasteiger partial charge on any atom is 0.410 e. The number of carbonyl (C=O) groups excluding carboxylic acids is 3. The van der Waals surface area contributed by atoms with Crippen LogP contribution in [0.5, 0.6) is 0 Å². The first-order valence-corrected chi connectivity index (χ1v) is 14.4. The molecule has 1 aromatic rings. The predicted octanol–water partition coefficient (Wildman–Crippen LogP) is 3.86. The summed E-state index contributed by atoms with van der Waals surface area (Å²) < 4.78 is 16.4. The van der Waals surface area contributed by atoms with Gasteiger partial charge in [-0.05, 0) is 36.5 Å². The van der Waals surface area contributed by atoms with E-state index in [-0.39, 0.29) is 17.6 Å². The fraction of sp³-hybridized carbons (Fsp3) is 0.625. The number of likely N-dealkylation sites (tertiary alicyclic amines) is 1. The van der Waals surface area contributed by atoms with Crippen molar-refractivity contribution in [2.24, 2.45) is 0 Å². The van der Waals surface area contributed by atoms with Crippen molar-refractivity contribution < 1.29 is 28.3 Å². The minimum Gasteiger partial charge on any atom is -0.467 e. The van der Waals surface area contributed by atoms with Crippen molar-refractivity contribution in [3.8, 4) is 0 Å². The molecule has 2 rings (SSSR count). The Morgan fingerprint density at radius 3 is 2.45 bits per heavy atom. The molecule has 0 spiro atoms. The molecule has 0 unspecified atom stereocenters. The molecule has 8 nitrogen and oxygen atoms in total. The Bertz CT molecular complexity index is 809. The summed E-state index contributed by atoms with van der Waals surface area (Å²) in [4.78, 5) is 39.3. The molecule has 33 heavy (non-hydrogen) atoms. The Kier molecular flexibility index (Phi) is 9.48. The van der Waals surface area contributed by atoms with E-state index in [1.54, 1.807) is 0 Å². The number of hydrogen-bond acceptors (Lipinski definition) is 6. The third kappa shape index (κ3) is 7.57. The Morgan fingerprint density at radius 2 is 1.85 bits per heavy atom. The van der Waals surface area contributed by atoms with Crippen LogP contribution in [-0.2, 0) is 30.1 Å². The summed E-state index contributed by atoms with van der Waals surface area (Å²) in [5, 5.41) is 2.81. The van der Waals surface area contributed by atoms with Gasteiger partial charge in [-0.25, -0.2) is 9.59 Å². The van der Waals surface area contributed by atoms with Gasteiger partial charge >= 0.3 is 12.1 Å². The van der Waals surface area contributed by atoms with Crippen molar-refractivity contribution in [3.05, 3.63) is 35.9 Å². The first-order chi connectivity index (χ1) is 15.5. The number of carbonyl (C=O) groups is 3. The Balaban J connectivity index is 1.95. The molecule has 0 saturated carbocycles. The van der Waals surface area contributed by atoms with E-state index in [1.165, 1.54) is 12.0 Å². The topological polar surface area (TPSA) is 94.2 Å². The molecule has 1 aromatic carbocycles. The molecule has 0 bridgehead atoms. The number of hydrogen-bond donors (Lipinski definition) is 1. The largest absolute Gasteiger partial charge is 0.467 e. The number of amides is 2. The molecular formula is C24H38N2O6Si. The minimum absolute atomic E-state index is 0.0431. The fourth-order valence-corrected chi connectivity index (χ4v) is 4.43. The quantitative estimate of drug-likeness (QED) is 0.428. The lowest BCUT2D eigenvalue weighted by Gasteiger charge is -2.36. The molecule has 0 aliphatic carbocycles. The van der Waals surface area contributed by atoms with E-state index in [0.717, 1.165) is 5.56 Å². The second kappa shape index (κ2) is 11.6. The van der Waals surface area contributed by atoms with E-state index in [2.05, 4.69) is 39.2 Å². The Labute approximate surface area is 198 Å². The number of nitrogens with zero attached hydrogens (tertiary/aromatic N) is 1. The zero-order chi connectivity index (χ0) is 24.6. The van der Waals surface area contributed by atoms with Gasteiger partial charge in [0.05, 0.1) is 7.11 Å². The number of rotatable bonds is 9. The molecule has 9 heteroatoms. The van der Waals surface area contributed by atoms with E-state index in [9.17, 15) is 14.4 Å². The van der Waals surface area contributed by atoms with Gasteiger partial charge < -0.3 is 19.2 Å². The zero-order valence-corrected chi connectivity index (χ0v) is 21.7. The maximum absolute atomic E-state index is 13.0.